The molecule has 0 N–H and O–H groups in total. The van der Waals surface area contributed by atoms with E-state index in [0.717, 1.165) is 12.5 Å². The average Bonchev–Trinajstić information content (AvgIpc) is 2.34. The normalized spacial score (nSPS) is 11.7. The van der Waals surface area contributed by atoms with Gasteiger partial charge in [0.1, 0.15) is 0 Å². The predicted octanol–water partition coefficient (Wildman–Crippen LogP) is 6.36. The molecule has 1 nitrogen and oxygen atoms in total. The van der Waals surface area contributed by atoms with Crippen molar-refractivity contribution >= 4 is 0 Å². The van der Waals surface area contributed by atoms with E-state index in [2.05, 4.69) is 27.7 Å². The van der Waals surface area contributed by atoms with Gasteiger partial charge in [0.05, 0.1) is 6.10 Å². The Morgan fingerprint density at radius 2 is 1.00 bits per heavy atom. The summed E-state index contributed by atoms with van der Waals surface area (Å²) in [5.74, 6) is 0.889. The van der Waals surface area contributed by atoms with Crippen molar-refractivity contribution in [3.63, 3.8) is 0 Å². The maximum Gasteiger partial charge on any atom is 0.0518 e. The Bertz CT molecular complexity index is 145. The fourth-order valence-corrected chi connectivity index (χ4v) is 2.39. The molecule has 116 valence electrons. The molecule has 0 aromatic rings. The highest BCUT2D eigenvalue weighted by Crippen LogP contribution is 2.13. The van der Waals surface area contributed by atoms with Crippen LogP contribution in [0.3, 0.4) is 0 Å². The quantitative estimate of drug-likeness (QED) is 0.334. The third kappa shape index (κ3) is 18.0. The van der Waals surface area contributed by atoms with E-state index >= 15 is 0 Å². The van der Waals surface area contributed by atoms with Crippen molar-refractivity contribution in [2.45, 2.75) is 104 Å². The van der Waals surface area contributed by atoms with Crippen LogP contribution in [0.25, 0.3) is 0 Å². The largest absolute Gasteiger partial charge is 0.379 e. The minimum absolute atomic E-state index is 0.399. The molecule has 0 heterocycles. The minimum Gasteiger partial charge on any atom is -0.379 e. The molecule has 0 radical (unpaired) electrons. The Labute approximate surface area is 122 Å². The van der Waals surface area contributed by atoms with Crippen molar-refractivity contribution < 1.29 is 4.74 Å². The lowest BCUT2D eigenvalue weighted by Crippen LogP contribution is -2.03. The van der Waals surface area contributed by atoms with E-state index in [-0.39, 0.29) is 0 Å². The van der Waals surface area contributed by atoms with E-state index in [0.29, 0.717) is 6.10 Å². The van der Waals surface area contributed by atoms with Gasteiger partial charge in [-0.15, -0.1) is 0 Å². The van der Waals surface area contributed by atoms with E-state index in [4.69, 9.17) is 4.74 Å². The molecular formula is C18H38O. The summed E-state index contributed by atoms with van der Waals surface area (Å²) in [5, 5.41) is 0. The Kier molecular flexibility index (Phi) is 14.3. The first kappa shape index (κ1) is 19.0. The highest BCUT2D eigenvalue weighted by Gasteiger charge is 1.96. The molecule has 0 bridgehead atoms. The van der Waals surface area contributed by atoms with Crippen molar-refractivity contribution in [1.82, 2.24) is 0 Å². The van der Waals surface area contributed by atoms with E-state index in [9.17, 15) is 0 Å². The highest BCUT2D eigenvalue weighted by atomic mass is 16.5. The topological polar surface area (TPSA) is 9.23 Å². The molecule has 0 saturated heterocycles. The Balaban J connectivity index is 2.95. The van der Waals surface area contributed by atoms with E-state index in [1.165, 1.54) is 70.6 Å². The van der Waals surface area contributed by atoms with Crippen LogP contribution >= 0.6 is 0 Å². The molecule has 0 unspecified atom stereocenters. The lowest BCUT2D eigenvalue weighted by Gasteiger charge is -2.07. The standard InChI is InChI=1S/C18H38O/c1-17(2)15-13-11-9-7-5-6-8-10-12-14-16-19-18(3)4/h17-18H,5-16H2,1-4H3. The number of hydrogen-bond donors (Lipinski definition) is 0. The van der Waals surface area contributed by atoms with Crippen LogP contribution in [-0.4, -0.2) is 12.7 Å². The number of hydrogen-bond acceptors (Lipinski definition) is 1. The van der Waals surface area contributed by atoms with Crippen LogP contribution in [0, 0.1) is 5.92 Å². The molecule has 0 rings (SSSR count). The second kappa shape index (κ2) is 14.4. The van der Waals surface area contributed by atoms with Crippen LogP contribution in [0.15, 0.2) is 0 Å². The molecule has 0 aliphatic carbocycles. The van der Waals surface area contributed by atoms with Gasteiger partial charge in [-0.2, -0.15) is 0 Å². The summed E-state index contributed by atoms with van der Waals surface area (Å²) in [6, 6.07) is 0. The molecule has 0 amide bonds. The lowest BCUT2D eigenvalue weighted by molar-refractivity contribution is 0.0756. The molecule has 0 aromatic heterocycles. The zero-order valence-electron chi connectivity index (χ0n) is 14.0. The Morgan fingerprint density at radius 3 is 1.42 bits per heavy atom. The van der Waals surface area contributed by atoms with Crippen LogP contribution in [0.2, 0.25) is 0 Å². The van der Waals surface area contributed by atoms with Gasteiger partial charge in [0.25, 0.3) is 0 Å². The molecule has 0 aliphatic heterocycles. The smallest absolute Gasteiger partial charge is 0.0518 e. The van der Waals surface area contributed by atoms with Crippen LogP contribution in [0.4, 0.5) is 0 Å². The molecule has 0 fully saturated rings. The maximum absolute atomic E-state index is 5.54. The van der Waals surface area contributed by atoms with Crippen LogP contribution in [0.5, 0.6) is 0 Å². The van der Waals surface area contributed by atoms with Gasteiger partial charge in [-0.1, -0.05) is 78.1 Å². The fourth-order valence-electron chi connectivity index (χ4n) is 2.39. The summed E-state index contributed by atoms with van der Waals surface area (Å²) >= 11 is 0. The summed E-state index contributed by atoms with van der Waals surface area (Å²) in [5.41, 5.74) is 0. The molecule has 0 aromatic carbocycles. The van der Waals surface area contributed by atoms with Gasteiger partial charge in [-0.25, -0.2) is 0 Å². The molecular weight excluding hydrogens is 232 g/mol. The third-order valence-corrected chi connectivity index (χ3v) is 3.63. The van der Waals surface area contributed by atoms with Crippen LogP contribution in [0.1, 0.15) is 98.3 Å². The van der Waals surface area contributed by atoms with E-state index < -0.39 is 0 Å². The SMILES string of the molecule is CC(C)CCCCCCCCCCCCOC(C)C. The van der Waals surface area contributed by atoms with Gasteiger partial charge in [0.15, 0.2) is 0 Å². The monoisotopic (exact) mass is 270 g/mol. The second-order valence-electron chi connectivity index (χ2n) is 6.64. The van der Waals surface area contributed by atoms with Gasteiger partial charge >= 0.3 is 0 Å². The Morgan fingerprint density at radius 1 is 0.579 bits per heavy atom. The summed E-state index contributed by atoms with van der Waals surface area (Å²) in [6.07, 6.45) is 15.9. The molecule has 0 atom stereocenters. The summed E-state index contributed by atoms with van der Waals surface area (Å²) in [6.45, 7) is 9.83. The number of ether oxygens (including phenoxy) is 1. The van der Waals surface area contributed by atoms with Gasteiger partial charge in [-0.3, -0.25) is 0 Å². The molecule has 0 saturated carbocycles. The third-order valence-electron chi connectivity index (χ3n) is 3.63. The first-order chi connectivity index (χ1) is 9.13. The molecule has 19 heavy (non-hydrogen) atoms. The fraction of sp³-hybridized carbons (Fsp3) is 1.00. The average molecular weight is 271 g/mol. The van der Waals surface area contributed by atoms with Crippen LogP contribution < -0.4 is 0 Å². The first-order valence-electron chi connectivity index (χ1n) is 8.74. The summed E-state index contributed by atoms with van der Waals surface area (Å²) in [4.78, 5) is 0. The summed E-state index contributed by atoms with van der Waals surface area (Å²) < 4.78 is 5.54. The minimum atomic E-state index is 0.399. The zero-order chi connectivity index (χ0) is 14.3. The summed E-state index contributed by atoms with van der Waals surface area (Å²) in [7, 11) is 0. The van der Waals surface area contributed by atoms with Gasteiger partial charge in [0.2, 0.25) is 0 Å². The van der Waals surface area contributed by atoms with Gasteiger partial charge in [-0.05, 0) is 26.2 Å². The van der Waals surface area contributed by atoms with Gasteiger partial charge < -0.3 is 4.74 Å². The van der Waals surface area contributed by atoms with Crippen molar-refractivity contribution in [3.05, 3.63) is 0 Å². The van der Waals surface area contributed by atoms with Crippen molar-refractivity contribution in [2.24, 2.45) is 5.92 Å². The second-order valence-corrected chi connectivity index (χ2v) is 6.64. The van der Waals surface area contributed by atoms with Crippen molar-refractivity contribution in [3.8, 4) is 0 Å². The number of unbranched alkanes of at least 4 members (excludes halogenated alkanes) is 9. The number of rotatable bonds is 14. The first-order valence-corrected chi connectivity index (χ1v) is 8.74. The van der Waals surface area contributed by atoms with Gasteiger partial charge in [0, 0.05) is 6.61 Å². The molecule has 0 spiro atoms. The maximum atomic E-state index is 5.54. The van der Waals surface area contributed by atoms with E-state index in [1.807, 2.05) is 0 Å². The van der Waals surface area contributed by atoms with Crippen molar-refractivity contribution in [1.29, 1.82) is 0 Å². The molecule has 1 heteroatoms. The van der Waals surface area contributed by atoms with Crippen LogP contribution in [-0.2, 0) is 4.74 Å². The molecule has 0 aliphatic rings. The Hall–Kier alpha value is -0.0400. The predicted molar refractivity (Wildman–Crippen MR) is 86.7 cm³/mol. The van der Waals surface area contributed by atoms with Crippen molar-refractivity contribution in [2.75, 3.05) is 6.61 Å². The lowest BCUT2D eigenvalue weighted by atomic mass is 10.0. The highest BCUT2D eigenvalue weighted by molar-refractivity contribution is 4.50. The van der Waals surface area contributed by atoms with E-state index in [1.54, 1.807) is 0 Å². The zero-order valence-corrected chi connectivity index (χ0v) is 14.0.